The van der Waals surface area contributed by atoms with Crippen LogP contribution in [0.4, 0.5) is 5.69 Å². The van der Waals surface area contributed by atoms with Crippen LogP contribution in [0.25, 0.3) is 0 Å². The van der Waals surface area contributed by atoms with Gasteiger partial charge in [-0.15, -0.1) is 0 Å². The van der Waals surface area contributed by atoms with Gasteiger partial charge in [0.25, 0.3) is 0 Å². The Morgan fingerprint density at radius 1 is 1.18 bits per heavy atom. The first-order chi connectivity index (χ1) is 8.16. The van der Waals surface area contributed by atoms with Crippen LogP contribution < -0.4 is 4.90 Å². The molecule has 90 valence electrons. The van der Waals surface area contributed by atoms with Crippen LogP contribution in [0.5, 0.6) is 0 Å². The Balaban J connectivity index is 2.06. The van der Waals surface area contributed by atoms with Crippen molar-refractivity contribution in [2.75, 3.05) is 19.0 Å². The molecule has 2 aromatic rings. The lowest BCUT2D eigenvalue weighted by molar-refractivity contribution is 0.178. The van der Waals surface area contributed by atoms with Gasteiger partial charge in [0, 0.05) is 26.2 Å². The highest BCUT2D eigenvalue weighted by atomic mass is 16.3. The quantitative estimate of drug-likeness (QED) is 0.878. The lowest BCUT2D eigenvalue weighted by Crippen LogP contribution is -2.09. The van der Waals surface area contributed by atoms with Gasteiger partial charge in [-0.1, -0.05) is 12.1 Å². The molecule has 1 heterocycles. The minimum absolute atomic E-state index is 0.483. The van der Waals surface area contributed by atoms with Crippen LogP contribution in [0.15, 0.2) is 47.3 Å². The van der Waals surface area contributed by atoms with Gasteiger partial charge in [-0.2, -0.15) is 0 Å². The molecular formula is C14H17NO2. The molecule has 0 radical (unpaired) electrons. The topological polar surface area (TPSA) is 36.6 Å². The minimum Gasteiger partial charge on any atom is -0.472 e. The number of furan rings is 1. The van der Waals surface area contributed by atoms with Crippen molar-refractivity contribution >= 4 is 5.69 Å². The first-order valence-corrected chi connectivity index (χ1v) is 5.63. The van der Waals surface area contributed by atoms with Crippen molar-refractivity contribution in [1.82, 2.24) is 0 Å². The molecule has 0 saturated carbocycles. The van der Waals surface area contributed by atoms with Gasteiger partial charge in [0.15, 0.2) is 0 Å². The average molecular weight is 231 g/mol. The number of aliphatic hydroxyl groups is 1. The lowest BCUT2D eigenvalue weighted by atomic mass is 10.0. The fraction of sp³-hybridized carbons (Fsp3) is 0.286. The lowest BCUT2D eigenvalue weighted by Gasteiger charge is -2.14. The molecule has 0 saturated heterocycles. The molecule has 0 aliphatic heterocycles. The Hall–Kier alpha value is -1.74. The molecule has 0 amide bonds. The third-order valence-corrected chi connectivity index (χ3v) is 2.80. The van der Waals surface area contributed by atoms with E-state index in [0.29, 0.717) is 6.42 Å². The second kappa shape index (κ2) is 5.06. The molecule has 1 aromatic heterocycles. The van der Waals surface area contributed by atoms with Gasteiger partial charge in [-0.25, -0.2) is 0 Å². The highest BCUT2D eigenvalue weighted by Gasteiger charge is 2.09. The van der Waals surface area contributed by atoms with Crippen LogP contribution in [0.1, 0.15) is 17.2 Å². The molecule has 1 aromatic carbocycles. The molecule has 17 heavy (non-hydrogen) atoms. The number of nitrogens with zero attached hydrogens (tertiary/aromatic N) is 1. The van der Waals surface area contributed by atoms with E-state index in [0.717, 1.165) is 16.8 Å². The number of aliphatic hydroxyl groups excluding tert-OH is 1. The summed E-state index contributed by atoms with van der Waals surface area (Å²) in [6, 6.07) is 9.80. The Morgan fingerprint density at radius 3 is 2.41 bits per heavy atom. The van der Waals surface area contributed by atoms with Gasteiger partial charge >= 0.3 is 0 Å². The fourth-order valence-corrected chi connectivity index (χ4v) is 1.74. The maximum Gasteiger partial charge on any atom is 0.0935 e. The molecule has 3 heteroatoms. The van der Waals surface area contributed by atoms with Gasteiger partial charge in [0.1, 0.15) is 0 Å². The van der Waals surface area contributed by atoms with E-state index >= 15 is 0 Å². The summed E-state index contributed by atoms with van der Waals surface area (Å²) in [6.45, 7) is 0. The van der Waals surface area contributed by atoms with Crippen molar-refractivity contribution in [3.8, 4) is 0 Å². The van der Waals surface area contributed by atoms with Crippen molar-refractivity contribution in [3.63, 3.8) is 0 Å². The second-order valence-corrected chi connectivity index (χ2v) is 4.34. The van der Waals surface area contributed by atoms with E-state index in [9.17, 15) is 5.11 Å². The summed E-state index contributed by atoms with van der Waals surface area (Å²) in [6.07, 6.45) is 3.38. The maximum atomic E-state index is 10.1. The Morgan fingerprint density at radius 2 is 1.88 bits per heavy atom. The van der Waals surface area contributed by atoms with E-state index in [4.69, 9.17) is 4.42 Å². The molecule has 0 fully saturated rings. The van der Waals surface area contributed by atoms with Gasteiger partial charge in [0.05, 0.1) is 18.6 Å². The molecular weight excluding hydrogens is 214 g/mol. The monoisotopic (exact) mass is 231 g/mol. The highest BCUT2D eigenvalue weighted by Crippen LogP contribution is 2.21. The third-order valence-electron chi connectivity index (χ3n) is 2.80. The Labute approximate surface area is 101 Å². The van der Waals surface area contributed by atoms with Crippen LogP contribution in [0, 0.1) is 0 Å². The largest absolute Gasteiger partial charge is 0.472 e. The predicted molar refractivity (Wildman–Crippen MR) is 68.1 cm³/mol. The number of rotatable bonds is 4. The highest BCUT2D eigenvalue weighted by molar-refractivity contribution is 5.46. The Kier molecular flexibility index (Phi) is 3.49. The van der Waals surface area contributed by atoms with Crippen LogP contribution >= 0.6 is 0 Å². The van der Waals surface area contributed by atoms with Gasteiger partial charge in [0.2, 0.25) is 0 Å². The van der Waals surface area contributed by atoms with Crippen LogP contribution in [0.3, 0.4) is 0 Å². The second-order valence-electron chi connectivity index (χ2n) is 4.34. The average Bonchev–Trinajstić information content (AvgIpc) is 2.82. The smallest absolute Gasteiger partial charge is 0.0935 e. The zero-order chi connectivity index (χ0) is 12.3. The van der Waals surface area contributed by atoms with Gasteiger partial charge in [-0.05, 0) is 29.3 Å². The number of hydrogen-bond donors (Lipinski definition) is 1. The standard InChI is InChI=1S/C14H17NO2/c1-15(2)13-5-3-12(4-6-13)14(16)9-11-7-8-17-10-11/h3-8,10,14,16H,9H2,1-2H3. The van der Waals surface area contributed by atoms with Crippen molar-refractivity contribution in [2.24, 2.45) is 0 Å². The molecule has 2 rings (SSSR count). The summed E-state index contributed by atoms with van der Waals surface area (Å²) in [5.74, 6) is 0. The van der Waals surface area contributed by atoms with Crippen LogP contribution in [0.2, 0.25) is 0 Å². The first kappa shape index (κ1) is 11.7. The maximum absolute atomic E-state index is 10.1. The first-order valence-electron chi connectivity index (χ1n) is 5.63. The minimum atomic E-state index is -0.483. The van der Waals surface area contributed by atoms with Crippen molar-refractivity contribution in [1.29, 1.82) is 0 Å². The normalized spacial score (nSPS) is 12.4. The van der Waals surface area contributed by atoms with E-state index in [1.807, 2.05) is 49.3 Å². The molecule has 0 bridgehead atoms. The molecule has 0 aliphatic carbocycles. The van der Waals surface area contributed by atoms with Crippen molar-refractivity contribution < 1.29 is 9.52 Å². The molecule has 0 aliphatic rings. The molecule has 1 unspecified atom stereocenters. The van der Waals surface area contributed by atoms with Crippen molar-refractivity contribution in [3.05, 3.63) is 54.0 Å². The fourth-order valence-electron chi connectivity index (χ4n) is 1.74. The number of hydrogen-bond acceptors (Lipinski definition) is 3. The zero-order valence-corrected chi connectivity index (χ0v) is 10.1. The van der Waals surface area contributed by atoms with Crippen LogP contribution in [-0.2, 0) is 6.42 Å². The van der Waals surface area contributed by atoms with Crippen molar-refractivity contribution in [2.45, 2.75) is 12.5 Å². The molecule has 0 spiro atoms. The van der Waals surface area contributed by atoms with E-state index in [-0.39, 0.29) is 0 Å². The summed E-state index contributed by atoms with van der Waals surface area (Å²) in [5.41, 5.74) is 3.07. The van der Waals surface area contributed by atoms with E-state index in [1.54, 1.807) is 12.5 Å². The number of anilines is 1. The SMILES string of the molecule is CN(C)c1ccc(C(O)Cc2ccoc2)cc1. The summed E-state index contributed by atoms with van der Waals surface area (Å²) in [7, 11) is 3.99. The third kappa shape index (κ3) is 2.88. The van der Waals surface area contributed by atoms with Gasteiger partial charge < -0.3 is 14.4 Å². The summed E-state index contributed by atoms with van der Waals surface area (Å²) >= 11 is 0. The molecule has 3 nitrogen and oxygen atoms in total. The summed E-state index contributed by atoms with van der Waals surface area (Å²) in [5, 5.41) is 10.1. The summed E-state index contributed by atoms with van der Waals surface area (Å²) in [4.78, 5) is 2.03. The molecule has 1 N–H and O–H groups in total. The van der Waals surface area contributed by atoms with Crippen LogP contribution in [-0.4, -0.2) is 19.2 Å². The van der Waals surface area contributed by atoms with E-state index < -0.39 is 6.10 Å². The molecule has 1 atom stereocenters. The predicted octanol–water partition coefficient (Wildman–Crippen LogP) is 2.62. The van der Waals surface area contributed by atoms with E-state index in [1.165, 1.54) is 0 Å². The summed E-state index contributed by atoms with van der Waals surface area (Å²) < 4.78 is 4.98. The van der Waals surface area contributed by atoms with Gasteiger partial charge in [-0.3, -0.25) is 0 Å². The Bertz CT molecular complexity index is 446. The zero-order valence-electron chi connectivity index (χ0n) is 10.1. The van der Waals surface area contributed by atoms with E-state index in [2.05, 4.69) is 0 Å². The number of benzene rings is 1.